The number of nitrogens with zero attached hydrogens (tertiary/aromatic N) is 2. The normalized spacial score (nSPS) is 22.1. The third kappa shape index (κ3) is 3.53. The van der Waals surface area contributed by atoms with Crippen LogP contribution in [0.5, 0.6) is 0 Å². The average Bonchev–Trinajstić information content (AvgIpc) is 2.38. The van der Waals surface area contributed by atoms with E-state index in [-0.39, 0.29) is 6.04 Å². The van der Waals surface area contributed by atoms with Gasteiger partial charge in [0, 0.05) is 37.4 Å². The number of nitrogens with two attached hydrogens (primary N) is 1. The molecule has 3 nitrogen and oxygen atoms in total. The molecule has 0 spiro atoms. The minimum Gasteiger partial charge on any atom is -0.368 e. The molecule has 0 aliphatic carbocycles. The average molecular weight is 275 g/mol. The molecule has 1 aromatic rings. The van der Waals surface area contributed by atoms with Crippen molar-refractivity contribution in [3.05, 3.63) is 29.3 Å². The van der Waals surface area contributed by atoms with Gasteiger partial charge in [0.2, 0.25) is 0 Å². The number of hydrogen-bond acceptors (Lipinski definition) is 3. The van der Waals surface area contributed by atoms with Gasteiger partial charge in [-0.2, -0.15) is 0 Å². The molecule has 2 rings (SSSR count). The first-order valence-corrected chi connectivity index (χ1v) is 7.85. The lowest BCUT2D eigenvalue weighted by Crippen LogP contribution is -2.52. The number of anilines is 1. The standard InChI is InChI=1S/C17H29N3/c1-5-19-8-9-20(12-15(19)4)17-7-6-13(2)10-16(17)11-14(3)18/h6-7,10,14-15H,5,8-9,11-12,18H2,1-4H3. The minimum atomic E-state index is 0.213. The highest BCUT2D eigenvalue weighted by Gasteiger charge is 2.23. The van der Waals surface area contributed by atoms with Crippen LogP contribution in [-0.2, 0) is 6.42 Å². The predicted octanol–water partition coefficient (Wildman–Crippen LogP) is 2.42. The number of hydrogen-bond donors (Lipinski definition) is 1. The van der Waals surface area contributed by atoms with Crippen molar-refractivity contribution in [2.45, 2.75) is 46.2 Å². The lowest BCUT2D eigenvalue weighted by atomic mass is 10.0. The second-order valence-corrected chi connectivity index (χ2v) is 6.24. The fourth-order valence-corrected chi connectivity index (χ4v) is 3.22. The molecule has 3 heteroatoms. The van der Waals surface area contributed by atoms with E-state index in [0.717, 1.165) is 32.6 Å². The number of benzene rings is 1. The number of likely N-dealkylation sites (N-methyl/N-ethyl adjacent to an activating group) is 1. The third-order valence-corrected chi connectivity index (χ3v) is 4.29. The zero-order valence-corrected chi connectivity index (χ0v) is 13.4. The number of rotatable bonds is 4. The Morgan fingerprint density at radius 1 is 1.35 bits per heavy atom. The molecule has 0 radical (unpaired) electrons. The third-order valence-electron chi connectivity index (χ3n) is 4.29. The van der Waals surface area contributed by atoms with Crippen LogP contribution in [0, 0.1) is 6.92 Å². The molecule has 2 unspecified atom stereocenters. The van der Waals surface area contributed by atoms with E-state index in [9.17, 15) is 0 Å². The SMILES string of the molecule is CCN1CCN(c2ccc(C)cc2CC(C)N)CC1C. The summed E-state index contributed by atoms with van der Waals surface area (Å²) in [5.41, 5.74) is 10.1. The van der Waals surface area contributed by atoms with Gasteiger partial charge in [0.05, 0.1) is 0 Å². The minimum absolute atomic E-state index is 0.213. The molecule has 0 saturated carbocycles. The molecule has 0 amide bonds. The van der Waals surface area contributed by atoms with Crippen LogP contribution < -0.4 is 10.6 Å². The molecular formula is C17H29N3. The van der Waals surface area contributed by atoms with Crippen LogP contribution in [-0.4, -0.2) is 43.2 Å². The van der Waals surface area contributed by atoms with Crippen molar-refractivity contribution in [2.75, 3.05) is 31.1 Å². The first-order valence-electron chi connectivity index (χ1n) is 7.85. The van der Waals surface area contributed by atoms with E-state index in [1.807, 2.05) is 0 Å². The van der Waals surface area contributed by atoms with Gasteiger partial charge in [-0.1, -0.05) is 24.6 Å². The van der Waals surface area contributed by atoms with E-state index in [0.29, 0.717) is 6.04 Å². The quantitative estimate of drug-likeness (QED) is 0.916. The van der Waals surface area contributed by atoms with Crippen LogP contribution in [0.3, 0.4) is 0 Å². The van der Waals surface area contributed by atoms with Crippen molar-refractivity contribution in [3.8, 4) is 0 Å². The molecule has 1 aromatic carbocycles. The van der Waals surface area contributed by atoms with Crippen molar-refractivity contribution < 1.29 is 0 Å². The van der Waals surface area contributed by atoms with Crippen molar-refractivity contribution >= 4 is 5.69 Å². The van der Waals surface area contributed by atoms with Crippen LogP contribution >= 0.6 is 0 Å². The molecule has 1 heterocycles. The van der Waals surface area contributed by atoms with Gasteiger partial charge in [0.1, 0.15) is 0 Å². The molecule has 1 aliphatic rings. The number of piperazine rings is 1. The van der Waals surface area contributed by atoms with E-state index < -0.39 is 0 Å². The van der Waals surface area contributed by atoms with Crippen molar-refractivity contribution in [1.82, 2.24) is 4.90 Å². The van der Waals surface area contributed by atoms with Gasteiger partial charge in [0.15, 0.2) is 0 Å². The summed E-state index contributed by atoms with van der Waals surface area (Å²) in [6.07, 6.45) is 0.958. The maximum Gasteiger partial charge on any atom is 0.0400 e. The monoisotopic (exact) mass is 275 g/mol. The van der Waals surface area contributed by atoms with E-state index in [2.05, 4.69) is 55.7 Å². The molecule has 0 bridgehead atoms. The highest BCUT2D eigenvalue weighted by atomic mass is 15.3. The molecule has 1 aliphatic heterocycles. The van der Waals surface area contributed by atoms with Gasteiger partial charge in [-0.05, 0) is 45.4 Å². The van der Waals surface area contributed by atoms with Gasteiger partial charge in [-0.3, -0.25) is 4.90 Å². The Morgan fingerprint density at radius 3 is 2.70 bits per heavy atom. The lowest BCUT2D eigenvalue weighted by Gasteiger charge is -2.41. The van der Waals surface area contributed by atoms with Crippen LogP contribution in [0.2, 0.25) is 0 Å². The van der Waals surface area contributed by atoms with Crippen molar-refractivity contribution in [2.24, 2.45) is 5.73 Å². The van der Waals surface area contributed by atoms with Crippen LogP contribution in [0.15, 0.2) is 18.2 Å². The summed E-state index contributed by atoms with van der Waals surface area (Å²) in [5.74, 6) is 0. The second kappa shape index (κ2) is 6.59. The first-order chi connectivity index (χ1) is 9.51. The summed E-state index contributed by atoms with van der Waals surface area (Å²) in [4.78, 5) is 5.09. The highest BCUT2D eigenvalue weighted by molar-refractivity contribution is 5.56. The molecule has 112 valence electrons. The van der Waals surface area contributed by atoms with E-state index in [1.165, 1.54) is 16.8 Å². The zero-order valence-electron chi connectivity index (χ0n) is 13.4. The van der Waals surface area contributed by atoms with Crippen LogP contribution in [0.1, 0.15) is 31.9 Å². The summed E-state index contributed by atoms with van der Waals surface area (Å²) in [5, 5.41) is 0. The Morgan fingerprint density at radius 2 is 2.10 bits per heavy atom. The predicted molar refractivity (Wildman–Crippen MR) is 87.5 cm³/mol. The van der Waals surface area contributed by atoms with Gasteiger partial charge in [-0.25, -0.2) is 0 Å². The fourth-order valence-electron chi connectivity index (χ4n) is 3.22. The Balaban J connectivity index is 2.20. The number of aryl methyl sites for hydroxylation is 1. The van der Waals surface area contributed by atoms with Gasteiger partial charge in [0.25, 0.3) is 0 Å². The molecule has 0 aromatic heterocycles. The molecule has 1 saturated heterocycles. The van der Waals surface area contributed by atoms with Crippen LogP contribution in [0.25, 0.3) is 0 Å². The topological polar surface area (TPSA) is 32.5 Å². The van der Waals surface area contributed by atoms with E-state index in [1.54, 1.807) is 0 Å². The van der Waals surface area contributed by atoms with E-state index in [4.69, 9.17) is 5.73 Å². The lowest BCUT2D eigenvalue weighted by molar-refractivity contribution is 0.199. The maximum atomic E-state index is 6.02. The van der Waals surface area contributed by atoms with Gasteiger partial charge < -0.3 is 10.6 Å². The smallest absolute Gasteiger partial charge is 0.0400 e. The van der Waals surface area contributed by atoms with Gasteiger partial charge >= 0.3 is 0 Å². The molecule has 1 fully saturated rings. The first kappa shape index (κ1) is 15.3. The van der Waals surface area contributed by atoms with Gasteiger partial charge in [-0.15, -0.1) is 0 Å². The molecule has 2 N–H and O–H groups in total. The summed E-state index contributed by atoms with van der Waals surface area (Å²) in [6.45, 7) is 13.4. The fraction of sp³-hybridized carbons (Fsp3) is 0.647. The Kier molecular flexibility index (Phi) is 5.06. The summed E-state index contributed by atoms with van der Waals surface area (Å²) in [7, 11) is 0. The second-order valence-electron chi connectivity index (χ2n) is 6.24. The largest absolute Gasteiger partial charge is 0.368 e. The van der Waals surface area contributed by atoms with Crippen LogP contribution in [0.4, 0.5) is 5.69 Å². The molecule has 2 atom stereocenters. The molecule has 20 heavy (non-hydrogen) atoms. The Bertz CT molecular complexity index is 442. The van der Waals surface area contributed by atoms with E-state index >= 15 is 0 Å². The van der Waals surface area contributed by atoms with Crippen molar-refractivity contribution in [3.63, 3.8) is 0 Å². The summed E-state index contributed by atoms with van der Waals surface area (Å²) < 4.78 is 0. The summed E-state index contributed by atoms with van der Waals surface area (Å²) >= 11 is 0. The zero-order chi connectivity index (χ0) is 14.7. The molecular weight excluding hydrogens is 246 g/mol. The maximum absolute atomic E-state index is 6.02. The van der Waals surface area contributed by atoms with Crippen molar-refractivity contribution in [1.29, 1.82) is 0 Å². The highest BCUT2D eigenvalue weighted by Crippen LogP contribution is 2.25. The Hall–Kier alpha value is -1.06. The Labute approximate surface area is 123 Å². The summed E-state index contributed by atoms with van der Waals surface area (Å²) in [6, 6.07) is 7.64.